The lowest BCUT2D eigenvalue weighted by molar-refractivity contribution is -0.136. The molecule has 0 atom stereocenters. The molecule has 1 aromatic heterocycles. The molecule has 0 saturated carbocycles. The van der Waals surface area contributed by atoms with Crippen LogP contribution in [0, 0.1) is 0 Å². The van der Waals surface area contributed by atoms with Crippen molar-refractivity contribution in [1.82, 2.24) is 14.5 Å². The first-order valence-electron chi connectivity index (χ1n) is 12.6. The zero-order valence-corrected chi connectivity index (χ0v) is 20.6. The van der Waals surface area contributed by atoms with Gasteiger partial charge in [0.15, 0.2) is 0 Å². The Morgan fingerprint density at radius 3 is 2.61 bits per heavy atom. The smallest absolute Gasteiger partial charge is 0.410 e. The Morgan fingerprint density at radius 2 is 1.89 bits per heavy atom. The lowest BCUT2D eigenvalue weighted by atomic mass is 9.75. The van der Waals surface area contributed by atoms with E-state index >= 15 is 0 Å². The maximum atomic E-state index is 13.8. The average molecular weight is 505 g/mol. The van der Waals surface area contributed by atoms with Gasteiger partial charge in [-0.2, -0.15) is 13.2 Å². The molecule has 0 radical (unpaired) electrons. The monoisotopic (exact) mass is 504 g/mol. The van der Waals surface area contributed by atoms with Crippen molar-refractivity contribution >= 4 is 17.7 Å². The molecule has 194 valence electrons. The summed E-state index contributed by atoms with van der Waals surface area (Å²) < 4.78 is 45.7. The first-order valence-corrected chi connectivity index (χ1v) is 12.6. The lowest BCUT2D eigenvalue weighted by Crippen LogP contribution is -2.65. The second kappa shape index (κ2) is 9.12. The number of likely N-dealkylation sites (tertiary alicyclic amines) is 1. The fraction of sp³-hybridized carbons (Fsp3) is 0.577. The Bertz CT molecular complexity index is 1170. The quantitative estimate of drug-likeness (QED) is 0.570. The van der Waals surface area contributed by atoms with Crippen LogP contribution < -0.4 is 4.90 Å². The highest BCUT2D eigenvalue weighted by molar-refractivity contribution is 6.09. The number of hydrogen-bond donors (Lipinski definition) is 0. The molecule has 10 heteroatoms. The first-order chi connectivity index (χ1) is 17.1. The van der Waals surface area contributed by atoms with Gasteiger partial charge in [-0.1, -0.05) is 18.2 Å². The van der Waals surface area contributed by atoms with Crippen LogP contribution in [0.2, 0.25) is 0 Å². The number of hydrogen-bond acceptors (Lipinski definition) is 4. The van der Waals surface area contributed by atoms with E-state index in [2.05, 4.69) is 0 Å². The minimum atomic E-state index is -4.20. The SMILES string of the molecule is CC(C)OC(=O)N1CC2(C1)C(=O)N(Cc1nc3c(n1CCCC(F)(F)F)CCCC3)c1ccccc12. The molecule has 1 saturated heterocycles. The van der Waals surface area contributed by atoms with Crippen molar-refractivity contribution in [2.45, 2.75) is 83.2 Å². The highest BCUT2D eigenvalue weighted by atomic mass is 19.4. The summed E-state index contributed by atoms with van der Waals surface area (Å²) in [6, 6.07) is 7.54. The number of carbonyl (C=O) groups is 2. The Hall–Kier alpha value is -3.04. The van der Waals surface area contributed by atoms with Crippen LogP contribution in [0.3, 0.4) is 0 Å². The number of benzene rings is 1. The van der Waals surface area contributed by atoms with Crippen LogP contribution in [0.4, 0.5) is 23.7 Å². The van der Waals surface area contributed by atoms with Crippen molar-refractivity contribution < 1.29 is 27.5 Å². The third-order valence-electron chi connectivity index (χ3n) is 7.33. The number of para-hydroxylation sites is 1. The van der Waals surface area contributed by atoms with Gasteiger partial charge in [0.1, 0.15) is 11.2 Å². The number of ether oxygens (including phenoxy) is 1. The summed E-state index contributed by atoms with van der Waals surface area (Å²) in [6.07, 6.45) is -2.20. The summed E-state index contributed by atoms with van der Waals surface area (Å²) in [5.74, 6) is 0.514. The molecule has 3 aliphatic rings. The van der Waals surface area contributed by atoms with E-state index in [9.17, 15) is 22.8 Å². The molecule has 3 heterocycles. The molecule has 2 amide bonds. The van der Waals surface area contributed by atoms with E-state index in [-0.39, 0.29) is 44.6 Å². The number of carbonyl (C=O) groups excluding carboxylic acids is 2. The van der Waals surface area contributed by atoms with E-state index in [0.717, 1.165) is 48.3 Å². The van der Waals surface area contributed by atoms with Gasteiger partial charge >= 0.3 is 12.3 Å². The van der Waals surface area contributed by atoms with E-state index in [0.29, 0.717) is 5.82 Å². The fourth-order valence-electron chi connectivity index (χ4n) is 5.69. The van der Waals surface area contributed by atoms with E-state index in [4.69, 9.17) is 9.72 Å². The fourth-order valence-corrected chi connectivity index (χ4v) is 5.69. The third-order valence-corrected chi connectivity index (χ3v) is 7.33. The van der Waals surface area contributed by atoms with Crippen LogP contribution in [-0.4, -0.2) is 51.8 Å². The van der Waals surface area contributed by atoms with E-state index in [1.54, 1.807) is 18.7 Å². The van der Waals surface area contributed by atoms with E-state index in [1.807, 2.05) is 28.8 Å². The van der Waals surface area contributed by atoms with Crippen LogP contribution in [-0.2, 0) is 40.9 Å². The molecule has 0 N–H and O–H groups in total. The van der Waals surface area contributed by atoms with Crippen LogP contribution in [0.15, 0.2) is 24.3 Å². The maximum absolute atomic E-state index is 13.8. The molecule has 7 nitrogen and oxygen atoms in total. The standard InChI is InChI=1S/C26H31F3N4O3/c1-17(2)36-24(35)31-15-25(16-31)18-8-3-5-10-20(18)33(23(25)34)14-22-30-19-9-4-6-11-21(19)32(22)13-7-12-26(27,28)29/h3,5,8,10,17H,4,6-7,9,11-16H2,1-2H3. The van der Waals surface area contributed by atoms with Crippen molar-refractivity contribution in [1.29, 1.82) is 0 Å². The molecule has 36 heavy (non-hydrogen) atoms. The minimum Gasteiger partial charge on any atom is -0.447 e. The second-order valence-electron chi connectivity index (χ2n) is 10.3. The van der Waals surface area contributed by atoms with Crippen molar-refractivity contribution in [3.63, 3.8) is 0 Å². The zero-order valence-electron chi connectivity index (χ0n) is 20.6. The highest BCUT2D eigenvalue weighted by Gasteiger charge is 2.59. The number of nitrogens with zero attached hydrogens (tertiary/aromatic N) is 4. The van der Waals surface area contributed by atoms with Gasteiger partial charge in [-0.05, 0) is 57.6 Å². The molecular formula is C26H31F3N4O3. The number of alkyl halides is 3. The van der Waals surface area contributed by atoms with Gasteiger partial charge in [0.2, 0.25) is 5.91 Å². The maximum Gasteiger partial charge on any atom is 0.410 e. The van der Waals surface area contributed by atoms with Crippen molar-refractivity contribution in [2.75, 3.05) is 18.0 Å². The minimum absolute atomic E-state index is 0.0271. The zero-order chi connectivity index (χ0) is 25.7. The van der Waals surface area contributed by atoms with Gasteiger partial charge in [-0.25, -0.2) is 9.78 Å². The van der Waals surface area contributed by atoms with Crippen molar-refractivity contribution in [2.24, 2.45) is 0 Å². The predicted octanol–water partition coefficient (Wildman–Crippen LogP) is 4.75. The summed E-state index contributed by atoms with van der Waals surface area (Å²) >= 11 is 0. The average Bonchev–Trinajstić information content (AvgIpc) is 3.24. The molecule has 1 aliphatic carbocycles. The molecule has 5 rings (SSSR count). The Kier molecular flexibility index (Phi) is 6.24. The lowest BCUT2D eigenvalue weighted by Gasteiger charge is -2.46. The second-order valence-corrected chi connectivity index (χ2v) is 10.3. The number of aryl methyl sites for hydroxylation is 1. The molecule has 0 unspecified atom stereocenters. The number of anilines is 1. The van der Waals surface area contributed by atoms with Crippen LogP contribution in [0.25, 0.3) is 0 Å². The molecule has 1 spiro atoms. The van der Waals surface area contributed by atoms with Crippen LogP contribution in [0.5, 0.6) is 0 Å². The van der Waals surface area contributed by atoms with Gasteiger partial charge in [-0.15, -0.1) is 0 Å². The number of aromatic nitrogens is 2. The number of halogens is 3. The molecule has 2 aliphatic heterocycles. The van der Waals surface area contributed by atoms with Gasteiger partial charge in [-0.3, -0.25) is 4.79 Å². The van der Waals surface area contributed by atoms with Gasteiger partial charge in [0.05, 0.1) is 18.3 Å². The topological polar surface area (TPSA) is 67.7 Å². The number of rotatable bonds is 6. The number of amides is 2. The van der Waals surface area contributed by atoms with Crippen molar-refractivity contribution in [3.05, 3.63) is 47.0 Å². The molecule has 0 bridgehead atoms. The largest absolute Gasteiger partial charge is 0.447 e. The van der Waals surface area contributed by atoms with E-state index < -0.39 is 24.1 Å². The van der Waals surface area contributed by atoms with Crippen LogP contribution >= 0.6 is 0 Å². The third kappa shape index (κ3) is 4.35. The van der Waals surface area contributed by atoms with Gasteiger partial charge in [0, 0.05) is 37.4 Å². The number of imidazole rings is 1. The van der Waals surface area contributed by atoms with Gasteiger partial charge in [0.25, 0.3) is 0 Å². The summed E-state index contributed by atoms with van der Waals surface area (Å²) in [4.78, 5) is 34.2. The van der Waals surface area contributed by atoms with Crippen LogP contribution in [0.1, 0.15) is 62.3 Å². The highest BCUT2D eigenvalue weighted by Crippen LogP contribution is 2.48. The molecular weight excluding hydrogens is 473 g/mol. The Morgan fingerprint density at radius 1 is 1.17 bits per heavy atom. The van der Waals surface area contributed by atoms with Crippen molar-refractivity contribution in [3.8, 4) is 0 Å². The predicted molar refractivity (Wildman–Crippen MR) is 127 cm³/mol. The van der Waals surface area contributed by atoms with Gasteiger partial charge < -0.3 is 19.1 Å². The molecule has 2 aromatic rings. The summed E-state index contributed by atoms with van der Waals surface area (Å²) in [5, 5.41) is 0. The summed E-state index contributed by atoms with van der Waals surface area (Å²) in [5.41, 5.74) is 2.73. The summed E-state index contributed by atoms with van der Waals surface area (Å²) in [7, 11) is 0. The normalized spacial score (nSPS) is 18.4. The summed E-state index contributed by atoms with van der Waals surface area (Å²) in [6.45, 7) is 4.44. The molecule has 1 aromatic carbocycles. The van der Waals surface area contributed by atoms with E-state index in [1.165, 1.54) is 4.90 Å². The Labute approximate surface area is 208 Å². The number of fused-ring (bicyclic) bond motifs is 3. The Balaban J connectivity index is 1.41. The first kappa shape index (κ1) is 24.6. The molecule has 1 fully saturated rings.